The molecule has 3 aromatic carbocycles. The minimum absolute atomic E-state index is 0.0331. The number of nitrogens with zero attached hydrogens (tertiary/aromatic N) is 4. The van der Waals surface area contributed by atoms with Crippen LogP contribution in [0.15, 0.2) is 82.7 Å². The summed E-state index contributed by atoms with van der Waals surface area (Å²) < 4.78 is 174. The fraction of sp³-hybridized carbons (Fsp3) is 0.361. The van der Waals surface area contributed by atoms with Crippen LogP contribution < -0.4 is 5.56 Å². The normalized spacial score (nSPS) is 21.0. The predicted octanol–water partition coefficient (Wildman–Crippen LogP) is 7.22. The largest absolute Gasteiger partial charge is 0.416 e. The van der Waals surface area contributed by atoms with Gasteiger partial charge in [-0.15, -0.1) is 0 Å². The zero-order valence-corrected chi connectivity index (χ0v) is 26.0. The Bertz CT molecular complexity index is 2370. The Morgan fingerprint density at radius 2 is 1.62 bits per heavy atom. The molecule has 1 amide bonds. The molecule has 1 aliphatic rings. The molecule has 0 radical (unpaired) electrons. The molecule has 47 heavy (non-hydrogen) atoms. The summed E-state index contributed by atoms with van der Waals surface area (Å²) in [6.07, 6.45) is -14.8. The minimum atomic E-state index is -4.57. The molecule has 1 heterocycles. The number of hydrogen-bond acceptors (Lipinski definition) is 5. The highest BCUT2D eigenvalue weighted by atomic mass is 32.2. The lowest BCUT2D eigenvalue weighted by Gasteiger charge is -2.28. The average molecular weight is 681 g/mol. The van der Waals surface area contributed by atoms with Gasteiger partial charge in [-0.3, -0.25) is 9.59 Å². The van der Waals surface area contributed by atoms with Crippen LogP contribution in [0.3, 0.4) is 0 Å². The lowest BCUT2D eigenvalue weighted by atomic mass is 10.0. The fourth-order valence-corrected chi connectivity index (χ4v) is 5.36. The first-order chi connectivity index (χ1) is 28.0. The number of likely N-dealkylation sites (N-methyl/N-ethyl adjacent to an activating group) is 1. The molecular weight excluding hydrogens is 628 g/mol. The van der Waals surface area contributed by atoms with Gasteiger partial charge in [-0.2, -0.15) is 18.2 Å². The second-order valence-corrected chi connectivity index (χ2v) is 11.1. The van der Waals surface area contributed by atoms with Crippen molar-refractivity contribution in [1.82, 2.24) is 19.4 Å². The molecule has 0 unspecified atom stereocenters. The van der Waals surface area contributed by atoms with Gasteiger partial charge < -0.3 is 14.4 Å². The van der Waals surface area contributed by atoms with E-state index in [0.29, 0.717) is 32.4 Å². The van der Waals surface area contributed by atoms with Crippen molar-refractivity contribution in [1.29, 1.82) is 0 Å². The van der Waals surface area contributed by atoms with Crippen LogP contribution in [0.5, 0.6) is 0 Å². The third-order valence-corrected chi connectivity index (χ3v) is 8.05. The number of fused-ring (bicyclic) bond motifs is 1. The van der Waals surface area contributed by atoms with E-state index in [1.54, 1.807) is 13.8 Å². The molecule has 0 atom stereocenters. The Balaban J connectivity index is 1.66. The Labute approximate surface area is 296 Å². The van der Waals surface area contributed by atoms with E-state index < -0.39 is 126 Å². The molecule has 1 aromatic heterocycles. The molecule has 11 heteroatoms. The number of alkyl halides is 3. The number of carbonyl (C=O) groups is 1. The summed E-state index contributed by atoms with van der Waals surface area (Å²) in [5, 5.41) is -0.635. The first kappa shape index (κ1) is 20.4. The summed E-state index contributed by atoms with van der Waals surface area (Å²) in [6, 6.07) is 6.34. The maximum absolute atomic E-state index is 14.7. The summed E-state index contributed by atoms with van der Waals surface area (Å²) in [6.45, 7) is -5.06. The average Bonchev–Trinajstić information content (AvgIpc) is 3.29. The van der Waals surface area contributed by atoms with Crippen LogP contribution in [-0.4, -0.2) is 51.3 Å². The van der Waals surface area contributed by atoms with E-state index in [9.17, 15) is 27.2 Å². The van der Waals surface area contributed by atoms with Crippen LogP contribution >= 0.6 is 11.8 Å². The van der Waals surface area contributed by atoms with Crippen molar-refractivity contribution in [2.45, 2.75) is 63.1 Å². The van der Waals surface area contributed by atoms with Crippen LogP contribution in [-0.2, 0) is 42.6 Å². The smallest absolute Gasteiger partial charge is 0.336 e. The lowest BCUT2D eigenvalue weighted by Crippen LogP contribution is -2.40. The van der Waals surface area contributed by atoms with E-state index in [0.717, 1.165) is 17.0 Å². The van der Waals surface area contributed by atoms with Crippen molar-refractivity contribution in [3.8, 4) is 11.1 Å². The Morgan fingerprint density at radius 3 is 2.23 bits per heavy atom. The predicted molar refractivity (Wildman–Crippen MR) is 177 cm³/mol. The Kier molecular flexibility index (Phi) is 6.64. The molecule has 0 spiro atoms. The number of carbonyl (C=O) groups excluding carboxylic acids is 1. The number of hydrogen-bond donors (Lipinski definition) is 0. The van der Waals surface area contributed by atoms with E-state index in [4.69, 9.17) is 19.2 Å². The Morgan fingerprint density at radius 1 is 0.979 bits per heavy atom. The SMILES string of the molecule is [2H]c1c([2H])c(CSc2nc(=O)c3c(n2CC(=O)N(Cc2ccc(-c4ccc(C(F)(F)F)cc4)cc2)C([2H])([2H])C([2H])([2H])N(CC)CC)C([2H])([2H])C([2H])([2H])C3([2H])[2H])c([2H])c([2H])c1F. The Hall–Kier alpha value is -3.96. The van der Waals surface area contributed by atoms with E-state index in [1.807, 2.05) is 0 Å². The van der Waals surface area contributed by atoms with Crippen LogP contribution in [0, 0.1) is 5.82 Å². The number of rotatable bonds is 13. The molecule has 0 fully saturated rings. The van der Waals surface area contributed by atoms with Crippen LogP contribution in [0.1, 0.15) is 67.4 Å². The van der Waals surface area contributed by atoms with Crippen molar-refractivity contribution >= 4 is 17.7 Å². The van der Waals surface area contributed by atoms with Gasteiger partial charge in [-0.1, -0.05) is 74.1 Å². The van der Waals surface area contributed by atoms with Gasteiger partial charge in [-0.05, 0) is 78.7 Å². The van der Waals surface area contributed by atoms with Crippen LogP contribution in [0.4, 0.5) is 17.6 Å². The number of thioether (sulfide) groups is 1. The summed E-state index contributed by atoms with van der Waals surface area (Å²) >= 11 is 0.419. The fourth-order valence-electron chi connectivity index (χ4n) is 4.48. The molecule has 0 saturated heterocycles. The minimum Gasteiger partial charge on any atom is -0.336 e. The van der Waals surface area contributed by atoms with Gasteiger partial charge in [0.2, 0.25) is 5.91 Å². The van der Waals surface area contributed by atoms with Crippen molar-refractivity contribution in [3.63, 3.8) is 0 Å². The maximum atomic E-state index is 14.7. The van der Waals surface area contributed by atoms with Crippen molar-refractivity contribution in [2.75, 3.05) is 26.1 Å². The molecule has 248 valence electrons. The molecule has 5 rings (SSSR count). The second kappa shape index (κ2) is 15.3. The van der Waals surface area contributed by atoms with E-state index >= 15 is 0 Å². The van der Waals surface area contributed by atoms with Crippen molar-refractivity contribution in [3.05, 3.63) is 117 Å². The highest BCUT2D eigenvalue weighted by molar-refractivity contribution is 7.98. The number of benzene rings is 3. The summed E-state index contributed by atoms with van der Waals surface area (Å²) in [5.41, 5.74) is -3.83. The lowest BCUT2D eigenvalue weighted by molar-refractivity contribution is -0.137. The van der Waals surface area contributed by atoms with Crippen LogP contribution in [0.25, 0.3) is 11.1 Å². The summed E-state index contributed by atoms with van der Waals surface area (Å²) in [4.78, 5) is 33.6. The molecule has 4 aromatic rings. The third-order valence-electron chi connectivity index (χ3n) is 7.05. The summed E-state index contributed by atoms with van der Waals surface area (Å²) in [5.74, 6) is -3.39. The second-order valence-electron chi connectivity index (χ2n) is 10.1. The van der Waals surface area contributed by atoms with Crippen molar-refractivity contribution in [2.24, 2.45) is 0 Å². The first-order valence-corrected chi connectivity index (χ1v) is 15.3. The highest BCUT2D eigenvalue weighted by Gasteiger charge is 2.30. The molecule has 6 nitrogen and oxygen atoms in total. The van der Waals surface area contributed by atoms with Gasteiger partial charge in [0.05, 0.1) is 13.8 Å². The van der Waals surface area contributed by atoms with Gasteiger partial charge in [0.1, 0.15) is 12.4 Å². The van der Waals surface area contributed by atoms with Gasteiger partial charge in [-0.25, -0.2) is 4.39 Å². The molecule has 1 aliphatic carbocycles. The molecule has 0 saturated carbocycles. The van der Waals surface area contributed by atoms with Gasteiger partial charge in [0.15, 0.2) is 5.16 Å². The van der Waals surface area contributed by atoms with E-state index in [2.05, 4.69) is 4.98 Å². The topological polar surface area (TPSA) is 58.4 Å². The first-order valence-electron chi connectivity index (χ1n) is 21.4. The standard InChI is InChI=1S/C36H38F4N4O2S/c1-3-42(4-2)20-21-43(22-25-8-12-27(13-9-25)28-14-16-29(17-15-28)36(38,39)40)33(45)23-44-32-7-5-6-31(32)34(46)41-35(44)47-24-26-10-18-30(37)19-11-26/h8-19H,3-7,20-24H2,1-2H3/i5D2,6D2,7D2,10D,11D,18D,19D,20D2,21D2. The highest BCUT2D eigenvalue weighted by Crippen LogP contribution is 2.31. The third kappa shape index (κ3) is 8.70. The van der Waals surface area contributed by atoms with Gasteiger partial charge in [0, 0.05) is 47.5 Å². The zero-order valence-electron chi connectivity index (χ0n) is 39.2. The van der Waals surface area contributed by atoms with E-state index in [-0.39, 0.29) is 18.7 Å². The number of amides is 1. The van der Waals surface area contributed by atoms with Crippen molar-refractivity contribution < 1.29 is 41.5 Å². The van der Waals surface area contributed by atoms with E-state index in [1.165, 1.54) is 36.4 Å². The number of halogens is 4. The van der Waals surface area contributed by atoms with Gasteiger partial charge >= 0.3 is 6.18 Å². The maximum Gasteiger partial charge on any atom is 0.416 e. The molecule has 0 bridgehead atoms. The zero-order chi connectivity index (χ0) is 46.0. The van der Waals surface area contributed by atoms with Gasteiger partial charge in [0.25, 0.3) is 5.56 Å². The summed E-state index contributed by atoms with van der Waals surface area (Å²) in [7, 11) is 0. The van der Waals surface area contributed by atoms with Crippen LogP contribution in [0.2, 0.25) is 0 Å². The molecule has 0 N–H and O–H groups in total. The number of aromatic nitrogens is 2. The quantitative estimate of drug-likeness (QED) is 0.0849. The monoisotopic (exact) mass is 680 g/mol. The molecule has 0 aliphatic heterocycles. The molecular formula is C36H38F4N4O2S.